The quantitative estimate of drug-likeness (QED) is 0.221. The van der Waals surface area contributed by atoms with Crippen molar-refractivity contribution < 1.29 is 32.0 Å². The van der Waals surface area contributed by atoms with E-state index < -0.39 is 35.1 Å². The number of aryl methyl sites for hydroxylation is 4. The molecule has 0 spiro atoms. The van der Waals surface area contributed by atoms with Gasteiger partial charge in [0.2, 0.25) is 23.6 Å². The zero-order valence-electron chi connectivity index (χ0n) is 27.8. The van der Waals surface area contributed by atoms with Crippen molar-refractivity contribution in [2.45, 2.75) is 78.7 Å². The number of aromatic nitrogens is 7. The summed E-state index contributed by atoms with van der Waals surface area (Å²) in [5, 5.41) is 15.7. The van der Waals surface area contributed by atoms with E-state index in [2.05, 4.69) is 35.6 Å². The molecule has 7 rings (SSSR count). The minimum Gasteiger partial charge on any atom is -0.426 e. The lowest BCUT2D eigenvalue weighted by molar-refractivity contribution is -0.141. The van der Waals surface area contributed by atoms with Crippen molar-refractivity contribution in [1.82, 2.24) is 39.8 Å². The SMILES string of the molecule is CC(=O)c1nn(CC(=O)N2C3C[C@]3(Cc3nnc(C)o3)C[C@H]2C(=O)Nc2nc(C(F)(F)F)ccc2C)c2c(C)cc(-c3cnc(C)nc3)cc12. The molecule has 1 saturated heterocycles. The second-order valence-corrected chi connectivity index (χ2v) is 13.1. The van der Waals surface area contributed by atoms with E-state index in [1.165, 1.54) is 29.5 Å². The maximum absolute atomic E-state index is 14.3. The van der Waals surface area contributed by atoms with Crippen LogP contribution < -0.4 is 5.32 Å². The maximum Gasteiger partial charge on any atom is 0.433 e. The lowest BCUT2D eigenvalue weighted by Crippen LogP contribution is -2.47. The van der Waals surface area contributed by atoms with E-state index in [9.17, 15) is 27.6 Å². The number of carbonyl (C=O) groups excluding carboxylic acids is 3. The maximum atomic E-state index is 14.3. The van der Waals surface area contributed by atoms with Gasteiger partial charge in [0.25, 0.3) is 0 Å². The summed E-state index contributed by atoms with van der Waals surface area (Å²) in [5.74, 6) is -0.296. The van der Waals surface area contributed by atoms with E-state index in [0.717, 1.165) is 22.8 Å². The lowest BCUT2D eigenvalue weighted by Gasteiger charge is -2.27. The molecule has 0 bridgehead atoms. The van der Waals surface area contributed by atoms with E-state index in [0.29, 0.717) is 46.9 Å². The van der Waals surface area contributed by atoms with Gasteiger partial charge in [-0.15, -0.1) is 10.2 Å². The van der Waals surface area contributed by atoms with E-state index in [1.807, 2.05) is 19.1 Å². The van der Waals surface area contributed by atoms with Crippen LogP contribution in [0.25, 0.3) is 22.0 Å². The highest BCUT2D eigenvalue weighted by atomic mass is 19.4. The van der Waals surface area contributed by atoms with Gasteiger partial charge in [0.15, 0.2) is 5.78 Å². The number of Topliss-reactive ketones (excluding diaryl/α,β-unsaturated/α-hetero) is 1. The van der Waals surface area contributed by atoms with Crippen molar-refractivity contribution >= 4 is 34.3 Å². The Morgan fingerprint density at radius 2 is 1.74 bits per heavy atom. The molecule has 50 heavy (non-hydrogen) atoms. The second-order valence-electron chi connectivity index (χ2n) is 13.1. The number of benzene rings is 1. The summed E-state index contributed by atoms with van der Waals surface area (Å²) in [6.07, 6.45) is -0.239. The largest absolute Gasteiger partial charge is 0.433 e. The van der Waals surface area contributed by atoms with Gasteiger partial charge in [0.05, 0.1) is 5.52 Å². The van der Waals surface area contributed by atoms with Crippen molar-refractivity contribution in [3.05, 3.63) is 76.8 Å². The smallest absolute Gasteiger partial charge is 0.426 e. The summed E-state index contributed by atoms with van der Waals surface area (Å²) in [5.41, 5.74) is 1.66. The molecular formula is C34H32F3N9O4. The van der Waals surface area contributed by atoms with Crippen molar-refractivity contribution in [2.75, 3.05) is 5.32 Å². The number of fused-ring (bicyclic) bond motifs is 2. The molecule has 1 N–H and O–H groups in total. The molecule has 1 aliphatic heterocycles. The van der Waals surface area contributed by atoms with Gasteiger partial charge in [-0.1, -0.05) is 6.07 Å². The minimum atomic E-state index is -4.71. The van der Waals surface area contributed by atoms with Gasteiger partial charge in [-0.05, 0) is 68.5 Å². The first-order valence-corrected chi connectivity index (χ1v) is 15.9. The van der Waals surface area contributed by atoms with Gasteiger partial charge in [0.1, 0.15) is 35.6 Å². The lowest BCUT2D eigenvalue weighted by atomic mass is 9.95. The molecule has 1 aromatic carbocycles. The standard InChI is InChI=1S/C34H32F3N9O4/c1-16-6-7-25(34(35,36)37)40-31(16)41-32(49)24-10-33(12-27-43-42-20(5)50-27)11-26(33)46(24)28(48)15-45-30-17(2)8-21(22-13-38-19(4)39-14-22)9-23(30)29(44-45)18(3)47/h6-9,13-14,24,26H,10-12,15H2,1-5H3,(H,40,41,49)/t24-,26?,33-/m0/s1. The Balaban J connectivity index is 1.22. The van der Waals surface area contributed by atoms with Crippen LogP contribution in [0.2, 0.25) is 0 Å². The number of carbonyl (C=O) groups is 3. The molecule has 1 aliphatic carbocycles. The fourth-order valence-electron chi connectivity index (χ4n) is 7.01. The van der Waals surface area contributed by atoms with Gasteiger partial charge in [-0.25, -0.2) is 15.0 Å². The molecule has 0 radical (unpaired) electrons. The van der Waals surface area contributed by atoms with Gasteiger partial charge in [-0.3, -0.25) is 19.1 Å². The number of pyridine rings is 1. The fourth-order valence-corrected chi connectivity index (χ4v) is 7.01. The monoisotopic (exact) mass is 687 g/mol. The highest BCUT2D eigenvalue weighted by Gasteiger charge is 2.67. The van der Waals surface area contributed by atoms with Crippen LogP contribution >= 0.6 is 0 Å². The topological polar surface area (TPSA) is 162 Å². The summed E-state index contributed by atoms with van der Waals surface area (Å²) in [6, 6.07) is 4.37. The number of hydrogen-bond acceptors (Lipinski definition) is 10. The average molecular weight is 688 g/mol. The zero-order valence-corrected chi connectivity index (χ0v) is 27.8. The Kier molecular flexibility index (Phi) is 7.79. The van der Waals surface area contributed by atoms with E-state index in [1.54, 1.807) is 26.2 Å². The number of rotatable bonds is 8. The van der Waals surface area contributed by atoms with Crippen LogP contribution in [0.1, 0.15) is 64.7 Å². The second kappa shape index (κ2) is 11.8. The number of amides is 2. The Labute approximate surface area is 283 Å². The predicted molar refractivity (Wildman–Crippen MR) is 172 cm³/mol. The number of likely N-dealkylation sites (tertiary alicyclic amines) is 1. The fraction of sp³-hybridized carbons (Fsp3) is 0.382. The third kappa shape index (κ3) is 5.87. The summed E-state index contributed by atoms with van der Waals surface area (Å²) in [7, 11) is 0. The Morgan fingerprint density at radius 1 is 1.00 bits per heavy atom. The molecule has 5 heterocycles. The van der Waals surface area contributed by atoms with Crippen molar-refractivity contribution in [1.29, 1.82) is 0 Å². The highest BCUT2D eigenvalue weighted by Crippen LogP contribution is 2.61. The number of hydrogen-bond donors (Lipinski definition) is 1. The molecule has 4 aromatic heterocycles. The molecule has 2 amide bonds. The van der Waals surface area contributed by atoms with Crippen LogP contribution in [0.3, 0.4) is 0 Å². The van der Waals surface area contributed by atoms with Gasteiger partial charge < -0.3 is 14.6 Å². The molecule has 1 saturated carbocycles. The molecule has 5 aromatic rings. The zero-order chi connectivity index (χ0) is 35.7. The van der Waals surface area contributed by atoms with Crippen LogP contribution in [0.4, 0.5) is 19.0 Å². The third-order valence-electron chi connectivity index (χ3n) is 9.48. The number of nitrogens with zero attached hydrogens (tertiary/aromatic N) is 8. The molecular weight excluding hydrogens is 655 g/mol. The van der Waals surface area contributed by atoms with Crippen LogP contribution in [-0.4, -0.2) is 69.5 Å². The molecule has 2 aliphatic rings. The Morgan fingerprint density at radius 3 is 2.40 bits per heavy atom. The summed E-state index contributed by atoms with van der Waals surface area (Å²) < 4.78 is 47.5. The van der Waals surface area contributed by atoms with Crippen LogP contribution in [0, 0.1) is 33.1 Å². The number of piperidine rings is 1. The Bertz CT molecular complexity index is 2190. The first-order valence-electron chi connectivity index (χ1n) is 15.9. The molecule has 13 nitrogen and oxygen atoms in total. The molecule has 16 heteroatoms. The van der Waals surface area contributed by atoms with Crippen molar-refractivity contribution in [3.63, 3.8) is 0 Å². The van der Waals surface area contributed by atoms with Crippen molar-refractivity contribution in [3.8, 4) is 11.1 Å². The van der Waals surface area contributed by atoms with E-state index in [4.69, 9.17) is 4.42 Å². The van der Waals surface area contributed by atoms with Crippen LogP contribution in [0.15, 0.2) is 41.1 Å². The first-order chi connectivity index (χ1) is 23.6. The number of nitrogens with one attached hydrogen (secondary N) is 1. The van der Waals surface area contributed by atoms with Crippen molar-refractivity contribution in [2.24, 2.45) is 5.41 Å². The van der Waals surface area contributed by atoms with E-state index in [-0.39, 0.29) is 36.3 Å². The molecule has 258 valence electrons. The summed E-state index contributed by atoms with van der Waals surface area (Å²) in [6.45, 7) is 7.92. The molecule has 1 unspecified atom stereocenters. The van der Waals surface area contributed by atoms with Gasteiger partial charge in [-0.2, -0.15) is 18.3 Å². The number of alkyl halides is 3. The highest BCUT2D eigenvalue weighted by molar-refractivity contribution is 6.07. The Hall–Kier alpha value is -5.54. The third-order valence-corrected chi connectivity index (χ3v) is 9.48. The summed E-state index contributed by atoms with van der Waals surface area (Å²) in [4.78, 5) is 54.6. The summed E-state index contributed by atoms with van der Waals surface area (Å²) >= 11 is 0. The predicted octanol–water partition coefficient (Wildman–Crippen LogP) is 4.97. The van der Waals surface area contributed by atoms with Crippen LogP contribution in [-0.2, 0) is 28.7 Å². The first kappa shape index (κ1) is 33.0. The van der Waals surface area contributed by atoms with Gasteiger partial charge in [0, 0.05) is 55.1 Å². The minimum absolute atomic E-state index is 0.181. The molecule has 2 fully saturated rings. The average Bonchev–Trinajstić information content (AvgIpc) is 3.29. The van der Waals surface area contributed by atoms with Crippen LogP contribution in [0.5, 0.6) is 0 Å². The normalized spacial score (nSPS) is 19.9. The number of halogens is 3. The number of ketones is 1. The number of anilines is 1. The van der Waals surface area contributed by atoms with Gasteiger partial charge >= 0.3 is 6.18 Å². The van der Waals surface area contributed by atoms with E-state index >= 15 is 0 Å². The molecule has 3 atom stereocenters.